The van der Waals surface area contributed by atoms with Gasteiger partial charge in [0.05, 0.1) is 11.1 Å². The summed E-state index contributed by atoms with van der Waals surface area (Å²) in [5, 5.41) is 0. The second-order valence-corrected chi connectivity index (χ2v) is 7.00. The van der Waals surface area contributed by atoms with Crippen molar-refractivity contribution in [1.82, 2.24) is 0 Å². The number of rotatable bonds is 8. The summed E-state index contributed by atoms with van der Waals surface area (Å²) in [5.41, 5.74) is 2.71. The maximum atomic E-state index is 12.5. The van der Waals surface area contributed by atoms with E-state index in [9.17, 15) is 9.59 Å². The van der Waals surface area contributed by atoms with Crippen LogP contribution in [0.15, 0.2) is 84.9 Å². The molecule has 154 valence electrons. The van der Waals surface area contributed by atoms with Crippen LogP contribution < -0.4 is 0 Å². The molecule has 4 nitrogen and oxygen atoms in total. The Bertz CT molecular complexity index is 869. The van der Waals surface area contributed by atoms with Crippen LogP contribution in [0.25, 0.3) is 0 Å². The summed E-state index contributed by atoms with van der Waals surface area (Å²) in [5.74, 6) is -0.831. The van der Waals surface area contributed by atoms with Gasteiger partial charge >= 0.3 is 11.9 Å². The zero-order valence-corrected chi connectivity index (χ0v) is 17.3. The molecule has 0 aliphatic carbocycles. The van der Waals surface area contributed by atoms with Crippen LogP contribution in [0.3, 0.4) is 0 Å². The molecule has 0 saturated heterocycles. The second kappa shape index (κ2) is 10.4. The third-order valence-corrected chi connectivity index (χ3v) is 4.94. The maximum absolute atomic E-state index is 12.5. The summed E-state index contributed by atoms with van der Waals surface area (Å²) in [4.78, 5) is 25.1. The summed E-state index contributed by atoms with van der Waals surface area (Å²) in [6.07, 6.45) is 0.745. The van der Waals surface area contributed by atoms with Crippen molar-refractivity contribution in [3.8, 4) is 0 Å². The molecule has 0 radical (unpaired) electrons. The van der Waals surface area contributed by atoms with E-state index in [1.54, 1.807) is 24.3 Å². The summed E-state index contributed by atoms with van der Waals surface area (Å²) >= 11 is 0. The first-order valence-electron chi connectivity index (χ1n) is 10.2. The molecule has 0 aromatic heterocycles. The molecule has 0 heterocycles. The van der Waals surface area contributed by atoms with Crippen molar-refractivity contribution in [2.75, 3.05) is 0 Å². The molecule has 2 atom stereocenters. The molecule has 0 bridgehead atoms. The first-order chi connectivity index (χ1) is 14.6. The van der Waals surface area contributed by atoms with Crippen molar-refractivity contribution in [2.45, 2.75) is 38.9 Å². The predicted molar refractivity (Wildman–Crippen MR) is 116 cm³/mol. The molecule has 0 saturated carbocycles. The highest BCUT2D eigenvalue weighted by Crippen LogP contribution is 2.24. The van der Waals surface area contributed by atoms with Gasteiger partial charge < -0.3 is 9.47 Å². The summed E-state index contributed by atoms with van der Waals surface area (Å²) < 4.78 is 11.3. The molecule has 3 aromatic carbocycles. The predicted octanol–water partition coefficient (Wildman–Crippen LogP) is 6.30. The molecule has 3 aromatic rings. The van der Waals surface area contributed by atoms with Crippen LogP contribution in [0, 0.1) is 0 Å². The molecule has 0 fully saturated rings. The number of carbonyl (C=O) groups is 2. The first kappa shape index (κ1) is 21.3. The SMILES string of the molecule is CCC(OC(=O)c1ccc(C(=O)OC(CC)c2ccccc2)cc1)c1ccccc1. The van der Waals surface area contributed by atoms with E-state index in [-0.39, 0.29) is 12.2 Å². The van der Waals surface area contributed by atoms with Crippen molar-refractivity contribution in [1.29, 1.82) is 0 Å². The molecule has 4 heteroatoms. The lowest BCUT2D eigenvalue weighted by molar-refractivity contribution is 0.0273. The third kappa shape index (κ3) is 5.35. The van der Waals surface area contributed by atoms with Crippen molar-refractivity contribution in [2.24, 2.45) is 0 Å². The van der Waals surface area contributed by atoms with Crippen molar-refractivity contribution in [3.63, 3.8) is 0 Å². The van der Waals surface area contributed by atoms with Crippen LogP contribution in [0.2, 0.25) is 0 Å². The fourth-order valence-corrected chi connectivity index (χ4v) is 3.25. The molecule has 2 unspecified atom stereocenters. The third-order valence-electron chi connectivity index (χ3n) is 4.94. The van der Waals surface area contributed by atoms with Gasteiger partial charge in [0.2, 0.25) is 0 Å². The van der Waals surface area contributed by atoms with E-state index < -0.39 is 11.9 Å². The van der Waals surface area contributed by atoms with Gasteiger partial charge in [-0.05, 0) is 48.2 Å². The van der Waals surface area contributed by atoms with E-state index in [2.05, 4.69) is 0 Å². The van der Waals surface area contributed by atoms with Crippen LogP contribution >= 0.6 is 0 Å². The molecule has 30 heavy (non-hydrogen) atoms. The van der Waals surface area contributed by atoms with E-state index in [1.165, 1.54) is 0 Å². The van der Waals surface area contributed by atoms with Gasteiger partial charge in [-0.2, -0.15) is 0 Å². The van der Waals surface area contributed by atoms with Crippen molar-refractivity contribution in [3.05, 3.63) is 107 Å². The number of esters is 2. The summed E-state index contributed by atoms with van der Waals surface area (Å²) in [6.45, 7) is 3.95. The van der Waals surface area contributed by atoms with E-state index in [1.807, 2.05) is 74.5 Å². The number of hydrogen-bond acceptors (Lipinski definition) is 4. The largest absolute Gasteiger partial charge is 0.454 e. The minimum absolute atomic E-state index is 0.306. The van der Waals surface area contributed by atoms with Gasteiger partial charge in [-0.3, -0.25) is 0 Å². The number of carbonyl (C=O) groups excluding carboxylic acids is 2. The normalized spacial score (nSPS) is 12.6. The average molecular weight is 402 g/mol. The maximum Gasteiger partial charge on any atom is 0.338 e. The highest BCUT2D eigenvalue weighted by molar-refractivity contribution is 5.93. The molecule has 0 aliphatic rings. The Morgan fingerprint density at radius 1 is 0.600 bits per heavy atom. The lowest BCUT2D eigenvalue weighted by Gasteiger charge is -2.17. The summed E-state index contributed by atoms with van der Waals surface area (Å²) in [7, 11) is 0. The topological polar surface area (TPSA) is 52.6 Å². The van der Waals surface area contributed by atoms with E-state index in [0.29, 0.717) is 24.0 Å². The standard InChI is InChI=1S/C26H26O4/c1-3-23(19-11-7-5-8-12-19)29-25(27)21-15-17-22(18-16-21)26(28)30-24(4-2)20-13-9-6-10-14-20/h5-18,23-24H,3-4H2,1-2H3. The molecule has 0 N–H and O–H groups in total. The molecule has 0 amide bonds. The lowest BCUT2D eigenvalue weighted by atomic mass is 10.1. The summed E-state index contributed by atoms with van der Waals surface area (Å²) in [6, 6.07) is 25.7. The van der Waals surface area contributed by atoms with Crippen molar-refractivity contribution < 1.29 is 19.1 Å². The number of ether oxygens (including phenoxy) is 2. The van der Waals surface area contributed by atoms with Gasteiger partial charge in [0.25, 0.3) is 0 Å². The Kier molecular flexibility index (Phi) is 7.39. The second-order valence-electron chi connectivity index (χ2n) is 7.00. The van der Waals surface area contributed by atoms with Gasteiger partial charge in [0.15, 0.2) is 0 Å². The fourth-order valence-electron chi connectivity index (χ4n) is 3.25. The lowest BCUT2D eigenvalue weighted by Crippen LogP contribution is -2.13. The Hall–Kier alpha value is -3.40. The highest BCUT2D eigenvalue weighted by atomic mass is 16.5. The zero-order chi connectivity index (χ0) is 21.3. The fraction of sp³-hybridized carbons (Fsp3) is 0.231. The Labute approximate surface area is 177 Å². The van der Waals surface area contributed by atoms with Crippen molar-refractivity contribution >= 4 is 11.9 Å². The molecule has 0 spiro atoms. The minimum Gasteiger partial charge on any atom is -0.454 e. The van der Waals surface area contributed by atoms with Gasteiger partial charge in [0, 0.05) is 0 Å². The van der Waals surface area contributed by atoms with Gasteiger partial charge in [0.1, 0.15) is 12.2 Å². The first-order valence-corrected chi connectivity index (χ1v) is 10.2. The van der Waals surface area contributed by atoms with Crippen LogP contribution in [0.5, 0.6) is 0 Å². The van der Waals surface area contributed by atoms with Crippen LogP contribution in [0.4, 0.5) is 0 Å². The average Bonchev–Trinajstić information content (AvgIpc) is 2.81. The smallest absolute Gasteiger partial charge is 0.338 e. The molecule has 3 rings (SSSR count). The number of hydrogen-bond donors (Lipinski definition) is 0. The van der Waals surface area contributed by atoms with Gasteiger partial charge in [-0.25, -0.2) is 9.59 Å². The Balaban J connectivity index is 1.65. The van der Waals surface area contributed by atoms with E-state index in [4.69, 9.17) is 9.47 Å². The monoisotopic (exact) mass is 402 g/mol. The van der Waals surface area contributed by atoms with E-state index in [0.717, 1.165) is 11.1 Å². The van der Waals surface area contributed by atoms with Crippen LogP contribution in [0.1, 0.15) is 70.7 Å². The zero-order valence-electron chi connectivity index (χ0n) is 17.3. The molecule has 0 aliphatic heterocycles. The highest BCUT2D eigenvalue weighted by Gasteiger charge is 2.19. The van der Waals surface area contributed by atoms with Gasteiger partial charge in [-0.15, -0.1) is 0 Å². The van der Waals surface area contributed by atoms with E-state index >= 15 is 0 Å². The Morgan fingerprint density at radius 3 is 1.23 bits per heavy atom. The van der Waals surface area contributed by atoms with Crippen LogP contribution in [-0.4, -0.2) is 11.9 Å². The minimum atomic E-state index is -0.415. The molecular weight excluding hydrogens is 376 g/mol. The Morgan fingerprint density at radius 2 is 0.933 bits per heavy atom. The number of benzene rings is 3. The van der Waals surface area contributed by atoms with Gasteiger partial charge in [-0.1, -0.05) is 74.5 Å². The quantitative estimate of drug-likeness (QED) is 0.415. The van der Waals surface area contributed by atoms with Crippen LogP contribution in [-0.2, 0) is 9.47 Å². The molecular formula is C26H26O4.